The fourth-order valence-electron chi connectivity index (χ4n) is 1.84. The van der Waals surface area contributed by atoms with E-state index < -0.39 is 0 Å². The zero-order chi connectivity index (χ0) is 13.4. The first-order chi connectivity index (χ1) is 9.15. The zero-order valence-electron chi connectivity index (χ0n) is 10.1. The van der Waals surface area contributed by atoms with Crippen LogP contribution in [0, 0.1) is 6.92 Å². The first-order valence-corrected chi connectivity index (χ1v) is 7.26. The lowest BCUT2D eigenvalue weighted by Gasteiger charge is -2.03. The largest absolute Gasteiger partial charge is 0.398 e. The van der Waals surface area contributed by atoms with Crippen molar-refractivity contribution >= 4 is 33.0 Å². The van der Waals surface area contributed by atoms with Gasteiger partial charge in [-0.25, -0.2) is 0 Å². The Labute approximate surface area is 122 Å². The Kier molecular flexibility index (Phi) is 3.12. The first-order valence-electron chi connectivity index (χ1n) is 5.59. The average molecular weight is 336 g/mol. The summed E-state index contributed by atoms with van der Waals surface area (Å²) in [6, 6.07) is 7.66. The molecule has 0 fully saturated rings. The number of anilines is 1. The summed E-state index contributed by atoms with van der Waals surface area (Å²) in [5.41, 5.74) is 8.43. The third kappa shape index (κ3) is 2.29. The van der Waals surface area contributed by atoms with E-state index in [2.05, 4.69) is 26.1 Å². The molecule has 0 aliphatic heterocycles. The number of aromatic nitrogens is 2. The fraction of sp³-hybridized carbons (Fsp3) is 0.0769. The van der Waals surface area contributed by atoms with Gasteiger partial charge >= 0.3 is 0 Å². The fourth-order valence-corrected chi connectivity index (χ4v) is 3.19. The Balaban J connectivity index is 2.06. The first kappa shape index (κ1) is 12.4. The van der Waals surface area contributed by atoms with E-state index in [9.17, 15) is 0 Å². The van der Waals surface area contributed by atoms with Crippen LogP contribution in [0.15, 0.2) is 38.6 Å². The van der Waals surface area contributed by atoms with E-state index in [1.54, 1.807) is 11.3 Å². The molecular formula is C13H10BrN3OS. The van der Waals surface area contributed by atoms with E-state index in [0.717, 1.165) is 20.5 Å². The van der Waals surface area contributed by atoms with Crippen molar-refractivity contribution < 1.29 is 4.52 Å². The van der Waals surface area contributed by atoms with Crippen LogP contribution in [-0.4, -0.2) is 10.1 Å². The molecule has 0 radical (unpaired) electrons. The number of nitrogens with two attached hydrogens (primary N) is 1. The second kappa shape index (κ2) is 4.79. The van der Waals surface area contributed by atoms with Crippen LogP contribution < -0.4 is 5.73 Å². The molecule has 2 N–H and O–H groups in total. The molecule has 0 amide bonds. The summed E-state index contributed by atoms with van der Waals surface area (Å²) >= 11 is 4.97. The standard InChI is InChI=1S/C13H10BrN3OS/c1-7-3-2-4-9(15)11(7)13-16-12(17-18-13)10-5-8(14)6-19-10/h2-6H,15H2,1H3. The summed E-state index contributed by atoms with van der Waals surface area (Å²) in [6.45, 7) is 1.97. The lowest BCUT2D eigenvalue weighted by molar-refractivity contribution is 0.432. The van der Waals surface area contributed by atoms with Crippen LogP contribution in [0.25, 0.3) is 22.2 Å². The number of thiophene rings is 1. The molecule has 0 atom stereocenters. The Morgan fingerprint density at radius 2 is 2.21 bits per heavy atom. The summed E-state index contributed by atoms with van der Waals surface area (Å²) in [5.74, 6) is 1.03. The van der Waals surface area contributed by atoms with Gasteiger partial charge in [-0.2, -0.15) is 4.98 Å². The summed E-state index contributed by atoms with van der Waals surface area (Å²) in [7, 11) is 0. The van der Waals surface area contributed by atoms with Crippen LogP contribution >= 0.6 is 27.3 Å². The number of hydrogen-bond acceptors (Lipinski definition) is 5. The van der Waals surface area contributed by atoms with Gasteiger partial charge in [0.25, 0.3) is 5.89 Å². The van der Waals surface area contributed by atoms with Gasteiger partial charge in [0.2, 0.25) is 5.82 Å². The lowest BCUT2D eigenvalue weighted by Crippen LogP contribution is -1.92. The molecule has 3 rings (SSSR count). The van der Waals surface area contributed by atoms with Crippen LogP contribution in [-0.2, 0) is 0 Å². The van der Waals surface area contributed by atoms with Crippen molar-refractivity contribution in [1.29, 1.82) is 0 Å². The van der Waals surface area contributed by atoms with E-state index in [1.807, 2.05) is 36.6 Å². The smallest absolute Gasteiger partial charge is 0.260 e. The second-order valence-electron chi connectivity index (χ2n) is 4.09. The maximum absolute atomic E-state index is 5.97. The lowest BCUT2D eigenvalue weighted by atomic mass is 10.1. The molecule has 2 heterocycles. The normalized spacial score (nSPS) is 10.8. The number of nitrogen functional groups attached to an aromatic ring is 1. The van der Waals surface area contributed by atoms with Gasteiger partial charge in [-0.3, -0.25) is 0 Å². The summed E-state index contributed by atoms with van der Waals surface area (Å²) in [5, 5.41) is 5.99. The third-order valence-corrected chi connectivity index (χ3v) is 4.42. The Morgan fingerprint density at radius 1 is 1.37 bits per heavy atom. The molecule has 0 aliphatic carbocycles. The maximum Gasteiger partial charge on any atom is 0.260 e. The number of nitrogens with zero attached hydrogens (tertiary/aromatic N) is 2. The van der Waals surface area contributed by atoms with Crippen molar-refractivity contribution in [3.63, 3.8) is 0 Å². The van der Waals surface area contributed by atoms with Gasteiger partial charge in [-0.15, -0.1) is 11.3 Å². The number of halogens is 1. The number of hydrogen-bond donors (Lipinski definition) is 1. The van der Waals surface area contributed by atoms with E-state index in [1.165, 1.54) is 0 Å². The minimum absolute atomic E-state index is 0.454. The molecule has 0 bridgehead atoms. The van der Waals surface area contributed by atoms with E-state index in [0.29, 0.717) is 17.4 Å². The number of aryl methyl sites for hydroxylation is 1. The van der Waals surface area contributed by atoms with Gasteiger partial charge in [0, 0.05) is 15.5 Å². The number of benzene rings is 1. The van der Waals surface area contributed by atoms with Gasteiger partial charge in [0.05, 0.1) is 10.4 Å². The minimum Gasteiger partial charge on any atom is -0.398 e. The van der Waals surface area contributed by atoms with Crippen LogP contribution in [0.1, 0.15) is 5.56 Å². The van der Waals surface area contributed by atoms with Crippen LogP contribution in [0.4, 0.5) is 5.69 Å². The SMILES string of the molecule is Cc1cccc(N)c1-c1nc(-c2cc(Br)cs2)no1. The molecule has 0 saturated carbocycles. The Bertz CT molecular complexity index is 715. The molecule has 0 spiro atoms. The highest BCUT2D eigenvalue weighted by molar-refractivity contribution is 9.10. The van der Waals surface area contributed by atoms with Crippen LogP contribution in [0.2, 0.25) is 0 Å². The van der Waals surface area contributed by atoms with Crippen LogP contribution in [0.3, 0.4) is 0 Å². The molecule has 96 valence electrons. The molecule has 0 saturated heterocycles. The quantitative estimate of drug-likeness (QED) is 0.715. The van der Waals surface area contributed by atoms with Crippen molar-refractivity contribution in [2.45, 2.75) is 6.92 Å². The van der Waals surface area contributed by atoms with Crippen molar-refractivity contribution in [3.8, 4) is 22.2 Å². The molecule has 3 aromatic rings. The van der Waals surface area contributed by atoms with Crippen molar-refractivity contribution in [2.75, 3.05) is 5.73 Å². The van der Waals surface area contributed by atoms with E-state index in [-0.39, 0.29) is 0 Å². The van der Waals surface area contributed by atoms with Crippen molar-refractivity contribution in [2.24, 2.45) is 0 Å². The Morgan fingerprint density at radius 3 is 2.89 bits per heavy atom. The van der Waals surface area contributed by atoms with Gasteiger partial charge < -0.3 is 10.3 Å². The molecule has 0 aliphatic rings. The topological polar surface area (TPSA) is 64.9 Å². The zero-order valence-corrected chi connectivity index (χ0v) is 12.5. The molecule has 2 aromatic heterocycles. The summed E-state index contributed by atoms with van der Waals surface area (Å²) in [6.07, 6.45) is 0. The molecule has 6 heteroatoms. The third-order valence-electron chi connectivity index (χ3n) is 2.73. The van der Waals surface area contributed by atoms with Crippen molar-refractivity contribution in [3.05, 3.63) is 39.7 Å². The molecule has 19 heavy (non-hydrogen) atoms. The molecule has 1 aromatic carbocycles. The van der Waals surface area contributed by atoms with Gasteiger partial charge in [0.1, 0.15) is 0 Å². The highest BCUT2D eigenvalue weighted by Gasteiger charge is 2.15. The maximum atomic E-state index is 5.97. The molecule has 0 unspecified atom stereocenters. The van der Waals surface area contributed by atoms with Gasteiger partial charge in [-0.1, -0.05) is 17.3 Å². The summed E-state index contributed by atoms with van der Waals surface area (Å²) in [4.78, 5) is 5.37. The van der Waals surface area contributed by atoms with E-state index in [4.69, 9.17) is 10.3 Å². The summed E-state index contributed by atoms with van der Waals surface area (Å²) < 4.78 is 6.33. The van der Waals surface area contributed by atoms with Crippen LogP contribution in [0.5, 0.6) is 0 Å². The predicted octanol–water partition coefficient (Wildman–Crippen LogP) is 4.12. The minimum atomic E-state index is 0.454. The second-order valence-corrected chi connectivity index (χ2v) is 5.92. The highest BCUT2D eigenvalue weighted by Crippen LogP contribution is 2.32. The van der Waals surface area contributed by atoms with Gasteiger partial charge in [0.15, 0.2) is 0 Å². The highest BCUT2D eigenvalue weighted by atomic mass is 79.9. The molecular weight excluding hydrogens is 326 g/mol. The van der Waals surface area contributed by atoms with E-state index >= 15 is 0 Å². The average Bonchev–Trinajstić information content (AvgIpc) is 2.98. The van der Waals surface area contributed by atoms with Gasteiger partial charge in [-0.05, 0) is 40.5 Å². The Hall–Kier alpha value is -1.66. The number of rotatable bonds is 2. The predicted molar refractivity (Wildman–Crippen MR) is 79.9 cm³/mol. The monoisotopic (exact) mass is 335 g/mol. The van der Waals surface area contributed by atoms with Crippen molar-refractivity contribution in [1.82, 2.24) is 10.1 Å². The molecule has 4 nitrogen and oxygen atoms in total.